The monoisotopic (exact) mass is 498 g/mol. The molecule has 0 amide bonds. The maximum atomic E-state index is 15.0. The number of alkyl halides is 2. The number of fused-ring (bicyclic) bond motifs is 1. The first kappa shape index (κ1) is 26.0. The number of hydrogen-bond acceptors (Lipinski definition) is 7. The van der Waals surface area contributed by atoms with Gasteiger partial charge in [0.15, 0.2) is 5.65 Å². The summed E-state index contributed by atoms with van der Waals surface area (Å²) in [6, 6.07) is 8.36. The molecule has 3 heterocycles. The van der Waals surface area contributed by atoms with Gasteiger partial charge >= 0.3 is 0 Å². The SMILES string of the molecule is COc1nc2nc(C)nc(N[C@H](C)c3cccc(C(F)(F)C(C)(C)C)c3)c2cc1N1CCN(C)CC1. The van der Waals surface area contributed by atoms with Crippen molar-refractivity contribution in [1.82, 2.24) is 19.9 Å². The van der Waals surface area contributed by atoms with Crippen molar-refractivity contribution < 1.29 is 13.5 Å². The van der Waals surface area contributed by atoms with E-state index in [2.05, 4.69) is 32.1 Å². The molecule has 7 nitrogen and oxygen atoms in total. The van der Waals surface area contributed by atoms with Gasteiger partial charge in [-0.2, -0.15) is 4.98 Å². The third-order valence-corrected chi connectivity index (χ3v) is 6.83. The lowest BCUT2D eigenvalue weighted by Gasteiger charge is -2.34. The summed E-state index contributed by atoms with van der Waals surface area (Å²) in [5.74, 6) is -1.25. The molecule has 1 atom stereocenters. The van der Waals surface area contributed by atoms with E-state index < -0.39 is 11.3 Å². The lowest BCUT2D eigenvalue weighted by molar-refractivity contribution is -0.104. The Morgan fingerprint density at radius 2 is 1.72 bits per heavy atom. The van der Waals surface area contributed by atoms with Crippen LogP contribution in [0.3, 0.4) is 0 Å². The minimum Gasteiger partial charge on any atom is -0.479 e. The smallest absolute Gasteiger partial charge is 0.277 e. The quantitative estimate of drug-likeness (QED) is 0.488. The average molecular weight is 499 g/mol. The molecule has 1 saturated heterocycles. The standard InChI is InChI=1S/C27H36F2N6O/c1-17(19-9-8-10-20(15-19)27(28,29)26(3,4)5)30-23-21-16-22(35-13-11-34(6)12-14-35)25(36-7)33-24(21)32-18(2)31-23/h8-10,15-17H,11-14H2,1-7H3,(H,30,31,32,33)/t17-/m1/s1. The van der Waals surface area contributed by atoms with Gasteiger partial charge in [-0.1, -0.05) is 39.0 Å². The van der Waals surface area contributed by atoms with Crippen LogP contribution in [0.1, 0.15) is 50.7 Å². The molecule has 1 aromatic carbocycles. The minimum atomic E-state index is -2.96. The van der Waals surface area contributed by atoms with E-state index in [4.69, 9.17) is 9.72 Å². The van der Waals surface area contributed by atoms with Crippen LogP contribution in [-0.2, 0) is 5.92 Å². The second kappa shape index (κ2) is 9.76. The molecule has 0 saturated carbocycles. The second-order valence-electron chi connectivity index (χ2n) is 10.6. The van der Waals surface area contributed by atoms with Crippen LogP contribution >= 0.6 is 0 Å². The first-order chi connectivity index (χ1) is 16.9. The number of anilines is 2. The van der Waals surface area contributed by atoms with E-state index >= 15 is 8.78 Å². The van der Waals surface area contributed by atoms with E-state index in [1.807, 2.05) is 26.0 Å². The first-order valence-corrected chi connectivity index (χ1v) is 12.3. The third kappa shape index (κ3) is 5.07. The number of hydrogen-bond donors (Lipinski definition) is 1. The fraction of sp³-hybridized carbons (Fsp3) is 0.519. The predicted molar refractivity (Wildman–Crippen MR) is 140 cm³/mol. The fourth-order valence-corrected chi connectivity index (χ4v) is 4.40. The predicted octanol–water partition coefficient (Wildman–Crippen LogP) is 5.40. The summed E-state index contributed by atoms with van der Waals surface area (Å²) in [5.41, 5.74) is 0.996. The summed E-state index contributed by atoms with van der Waals surface area (Å²) in [4.78, 5) is 18.4. The van der Waals surface area contributed by atoms with Crippen LogP contribution in [-0.4, -0.2) is 60.2 Å². The number of aromatic nitrogens is 3. The van der Waals surface area contributed by atoms with Crippen molar-refractivity contribution in [3.63, 3.8) is 0 Å². The Labute approximate surface area is 211 Å². The highest BCUT2D eigenvalue weighted by Gasteiger charge is 2.44. The molecule has 0 aliphatic carbocycles. The molecule has 0 unspecified atom stereocenters. The van der Waals surface area contributed by atoms with E-state index in [0.29, 0.717) is 23.2 Å². The molecule has 3 aromatic rings. The van der Waals surface area contributed by atoms with Crippen molar-refractivity contribution in [2.24, 2.45) is 5.41 Å². The van der Waals surface area contributed by atoms with E-state index in [1.165, 1.54) is 6.07 Å². The number of ether oxygens (including phenoxy) is 1. The number of nitrogens with zero attached hydrogens (tertiary/aromatic N) is 5. The molecule has 1 aliphatic heterocycles. The number of nitrogens with one attached hydrogen (secondary N) is 1. The van der Waals surface area contributed by atoms with Crippen LogP contribution in [0.5, 0.6) is 5.88 Å². The number of benzene rings is 1. The van der Waals surface area contributed by atoms with Gasteiger partial charge in [-0.05, 0) is 38.6 Å². The van der Waals surface area contributed by atoms with E-state index in [9.17, 15) is 0 Å². The highest BCUT2D eigenvalue weighted by molar-refractivity contribution is 5.90. The van der Waals surface area contributed by atoms with Crippen LogP contribution in [0.15, 0.2) is 30.3 Å². The molecule has 9 heteroatoms. The van der Waals surface area contributed by atoms with Crippen LogP contribution in [0.2, 0.25) is 0 Å². The van der Waals surface area contributed by atoms with Crippen LogP contribution < -0.4 is 15.0 Å². The lowest BCUT2D eigenvalue weighted by atomic mass is 9.83. The van der Waals surface area contributed by atoms with Crippen LogP contribution in [0.4, 0.5) is 20.3 Å². The Kier molecular flexibility index (Phi) is 7.05. The van der Waals surface area contributed by atoms with Gasteiger partial charge in [0.25, 0.3) is 5.92 Å². The van der Waals surface area contributed by atoms with E-state index in [-0.39, 0.29) is 11.6 Å². The summed E-state index contributed by atoms with van der Waals surface area (Å²) in [5, 5.41) is 4.19. The molecule has 1 fully saturated rings. The maximum Gasteiger partial charge on any atom is 0.277 e. The van der Waals surface area contributed by atoms with Crippen molar-refractivity contribution in [1.29, 1.82) is 0 Å². The summed E-state index contributed by atoms with van der Waals surface area (Å²) in [7, 11) is 3.73. The Hall–Kier alpha value is -3.07. The molecule has 36 heavy (non-hydrogen) atoms. The maximum absolute atomic E-state index is 15.0. The highest BCUT2D eigenvalue weighted by Crippen LogP contribution is 2.45. The number of aryl methyl sites for hydroxylation is 1. The largest absolute Gasteiger partial charge is 0.479 e. The molecule has 194 valence electrons. The minimum absolute atomic E-state index is 0.00799. The zero-order valence-electron chi connectivity index (χ0n) is 22.2. The average Bonchev–Trinajstić information content (AvgIpc) is 2.83. The molecular formula is C27H36F2N6O. The molecule has 1 N–H and O–H groups in total. The van der Waals surface area contributed by atoms with Gasteiger partial charge in [-0.15, -0.1) is 0 Å². The Morgan fingerprint density at radius 3 is 2.36 bits per heavy atom. The summed E-state index contributed by atoms with van der Waals surface area (Å²) >= 11 is 0. The van der Waals surface area contributed by atoms with Crippen LogP contribution in [0.25, 0.3) is 11.0 Å². The number of methoxy groups -OCH3 is 1. The molecule has 0 spiro atoms. The van der Waals surface area contributed by atoms with Crippen molar-refractivity contribution in [3.8, 4) is 5.88 Å². The number of halogens is 2. The van der Waals surface area contributed by atoms with Gasteiger partial charge < -0.3 is 19.9 Å². The van der Waals surface area contributed by atoms with Gasteiger partial charge in [0.1, 0.15) is 17.3 Å². The van der Waals surface area contributed by atoms with Crippen LogP contribution in [0, 0.1) is 12.3 Å². The molecular weight excluding hydrogens is 462 g/mol. The third-order valence-electron chi connectivity index (χ3n) is 6.83. The Bertz CT molecular complexity index is 1230. The van der Waals surface area contributed by atoms with Gasteiger partial charge in [-0.25, -0.2) is 18.7 Å². The van der Waals surface area contributed by atoms with Gasteiger partial charge in [0.05, 0.1) is 12.5 Å². The number of rotatable bonds is 6. The molecule has 2 aromatic heterocycles. The molecule has 0 bridgehead atoms. The van der Waals surface area contributed by atoms with Crippen molar-refractivity contribution in [2.75, 3.05) is 50.6 Å². The van der Waals surface area contributed by atoms with Gasteiger partial charge in [0.2, 0.25) is 5.88 Å². The number of pyridine rings is 1. The number of piperazine rings is 1. The Balaban J connectivity index is 1.71. The fourth-order valence-electron chi connectivity index (χ4n) is 4.40. The van der Waals surface area contributed by atoms with E-state index in [1.54, 1.807) is 40.0 Å². The topological polar surface area (TPSA) is 66.4 Å². The second-order valence-corrected chi connectivity index (χ2v) is 10.6. The highest BCUT2D eigenvalue weighted by atomic mass is 19.3. The van der Waals surface area contributed by atoms with E-state index in [0.717, 1.165) is 42.8 Å². The van der Waals surface area contributed by atoms with Crippen molar-refractivity contribution >= 4 is 22.5 Å². The van der Waals surface area contributed by atoms with Crippen molar-refractivity contribution in [3.05, 3.63) is 47.3 Å². The molecule has 0 radical (unpaired) electrons. The Morgan fingerprint density at radius 1 is 1.03 bits per heavy atom. The normalized spacial score (nSPS) is 16.3. The summed E-state index contributed by atoms with van der Waals surface area (Å²) < 4.78 is 35.7. The number of likely N-dealkylation sites (N-methyl/N-ethyl adjacent to an activating group) is 1. The molecule has 4 rings (SSSR count). The lowest BCUT2D eigenvalue weighted by Crippen LogP contribution is -2.44. The van der Waals surface area contributed by atoms with Gasteiger partial charge in [0, 0.05) is 43.2 Å². The van der Waals surface area contributed by atoms with Crippen molar-refractivity contribution in [2.45, 2.75) is 46.6 Å². The zero-order chi connectivity index (χ0) is 26.3. The summed E-state index contributed by atoms with van der Waals surface area (Å²) in [6.07, 6.45) is 0. The van der Waals surface area contributed by atoms with Gasteiger partial charge in [-0.3, -0.25) is 0 Å². The first-order valence-electron chi connectivity index (χ1n) is 12.3. The molecule has 1 aliphatic rings. The zero-order valence-corrected chi connectivity index (χ0v) is 22.2. The summed E-state index contributed by atoms with van der Waals surface area (Å²) in [6.45, 7) is 12.0.